The summed E-state index contributed by atoms with van der Waals surface area (Å²) in [5, 5.41) is 2.98. The van der Waals surface area contributed by atoms with Crippen LogP contribution in [0, 0.1) is 5.82 Å². The largest absolute Gasteiger partial charge is 0.364 e. The van der Waals surface area contributed by atoms with E-state index in [2.05, 4.69) is 5.32 Å². The van der Waals surface area contributed by atoms with E-state index in [4.69, 9.17) is 10.5 Å². The van der Waals surface area contributed by atoms with E-state index in [9.17, 15) is 9.18 Å². The Kier molecular flexibility index (Phi) is 3.72. The van der Waals surface area contributed by atoms with Crippen LogP contribution in [0.1, 0.15) is 36.4 Å². The number of nitrogens with one attached hydrogen (secondary N) is 1. The maximum absolute atomic E-state index is 13.6. The molecular formula is C15H19FN2O2. The molecule has 3 atom stereocenters. The maximum Gasteiger partial charge on any atom is 0.249 e. The summed E-state index contributed by atoms with van der Waals surface area (Å²) in [5.74, 6) is -0.289. The Morgan fingerprint density at radius 2 is 2.25 bits per heavy atom. The number of fused-ring (bicyclic) bond motifs is 1. The third-order valence-corrected chi connectivity index (χ3v) is 4.19. The molecule has 0 aromatic heterocycles. The smallest absolute Gasteiger partial charge is 0.249 e. The van der Waals surface area contributed by atoms with Crippen LogP contribution in [0.3, 0.4) is 0 Å². The van der Waals surface area contributed by atoms with Gasteiger partial charge < -0.3 is 15.8 Å². The lowest BCUT2D eigenvalue weighted by Crippen LogP contribution is -2.37. The van der Waals surface area contributed by atoms with E-state index in [1.807, 2.05) is 6.07 Å². The molecule has 1 unspecified atom stereocenters. The quantitative estimate of drug-likeness (QED) is 0.879. The van der Waals surface area contributed by atoms with Crippen molar-refractivity contribution in [1.82, 2.24) is 5.32 Å². The highest BCUT2D eigenvalue weighted by Gasteiger charge is 2.33. The van der Waals surface area contributed by atoms with Gasteiger partial charge in [0.05, 0.1) is 12.1 Å². The zero-order valence-electron chi connectivity index (χ0n) is 11.3. The van der Waals surface area contributed by atoms with Crippen molar-refractivity contribution in [3.8, 4) is 0 Å². The van der Waals surface area contributed by atoms with Crippen LogP contribution in [-0.2, 0) is 16.0 Å². The average molecular weight is 278 g/mol. The zero-order chi connectivity index (χ0) is 14.1. The third-order valence-electron chi connectivity index (χ3n) is 4.19. The van der Waals surface area contributed by atoms with Gasteiger partial charge in [-0.25, -0.2) is 4.39 Å². The highest BCUT2D eigenvalue weighted by molar-refractivity contribution is 5.81. The van der Waals surface area contributed by atoms with Crippen LogP contribution in [0.15, 0.2) is 18.2 Å². The number of carbonyl (C=O) groups is 1. The van der Waals surface area contributed by atoms with Gasteiger partial charge in [0.25, 0.3) is 0 Å². The van der Waals surface area contributed by atoms with E-state index >= 15 is 0 Å². The fourth-order valence-electron chi connectivity index (χ4n) is 3.10. The monoisotopic (exact) mass is 278 g/mol. The normalized spacial score (nSPS) is 28.4. The van der Waals surface area contributed by atoms with E-state index in [1.54, 1.807) is 6.07 Å². The molecule has 5 heteroatoms. The Labute approximate surface area is 117 Å². The first kappa shape index (κ1) is 13.5. The molecule has 108 valence electrons. The second kappa shape index (κ2) is 5.50. The summed E-state index contributed by atoms with van der Waals surface area (Å²) in [7, 11) is 0. The lowest BCUT2D eigenvalue weighted by atomic mass is 10.1. The summed E-state index contributed by atoms with van der Waals surface area (Å²) in [6.07, 6.45) is 2.51. The molecule has 0 spiro atoms. The van der Waals surface area contributed by atoms with Crippen molar-refractivity contribution < 1.29 is 13.9 Å². The fourth-order valence-corrected chi connectivity index (χ4v) is 3.10. The summed E-state index contributed by atoms with van der Waals surface area (Å²) >= 11 is 0. The number of rotatable bonds is 3. The van der Waals surface area contributed by atoms with Crippen LogP contribution in [-0.4, -0.2) is 24.7 Å². The van der Waals surface area contributed by atoms with Crippen molar-refractivity contribution in [2.45, 2.75) is 43.9 Å². The number of hydrogen-bond acceptors (Lipinski definition) is 3. The summed E-state index contributed by atoms with van der Waals surface area (Å²) < 4.78 is 19.2. The lowest BCUT2D eigenvalue weighted by molar-refractivity contribution is -0.132. The molecule has 2 aliphatic rings. The number of ether oxygens (including phenoxy) is 1. The van der Waals surface area contributed by atoms with Crippen LogP contribution in [0.25, 0.3) is 0 Å². The van der Waals surface area contributed by atoms with Gasteiger partial charge in [-0.3, -0.25) is 4.79 Å². The maximum atomic E-state index is 13.6. The molecular weight excluding hydrogens is 259 g/mol. The molecule has 1 saturated heterocycles. The molecule has 1 aromatic carbocycles. The summed E-state index contributed by atoms with van der Waals surface area (Å²) in [6.45, 7) is 0.446. The van der Waals surface area contributed by atoms with E-state index in [-0.39, 0.29) is 23.9 Å². The minimum atomic E-state index is -0.416. The van der Waals surface area contributed by atoms with Gasteiger partial charge in [0, 0.05) is 6.54 Å². The van der Waals surface area contributed by atoms with Crippen molar-refractivity contribution in [2.24, 2.45) is 5.73 Å². The van der Waals surface area contributed by atoms with Crippen LogP contribution in [0.5, 0.6) is 0 Å². The number of amides is 1. The molecule has 1 aromatic rings. The first-order valence-electron chi connectivity index (χ1n) is 7.12. The van der Waals surface area contributed by atoms with Crippen LogP contribution in [0.2, 0.25) is 0 Å². The number of hydrogen-bond donors (Lipinski definition) is 2. The summed E-state index contributed by atoms with van der Waals surface area (Å²) in [5.41, 5.74) is 7.16. The highest BCUT2D eigenvalue weighted by atomic mass is 19.1. The van der Waals surface area contributed by atoms with Crippen molar-refractivity contribution in [1.29, 1.82) is 0 Å². The Balaban J connectivity index is 1.66. The number of benzene rings is 1. The first-order valence-corrected chi connectivity index (χ1v) is 7.12. The molecule has 1 fully saturated rings. The summed E-state index contributed by atoms with van der Waals surface area (Å²) in [6, 6.07) is 4.94. The van der Waals surface area contributed by atoms with Crippen LogP contribution < -0.4 is 11.1 Å². The fraction of sp³-hybridized carbons (Fsp3) is 0.533. The second-order valence-corrected chi connectivity index (χ2v) is 5.47. The van der Waals surface area contributed by atoms with E-state index in [0.717, 1.165) is 24.0 Å². The average Bonchev–Trinajstić information content (AvgIpc) is 3.07. The van der Waals surface area contributed by atoms with Crippen LogP contribution in [0.4, 0.5) is 4.39 Å². The van der Waals surface area contributed by atoms with Crippen molar-refractivity contribution >= 4 is 5.91 Å². The minimum absolute atomic E-state index is 0.0148. The topological polar surface area (TPSA) is 64.4 Å². The molecule has 0 bridgehead atoms. The predicted octanol–water partition coefficient (Wildman–Crippen LogP) is 1.44. The number of nitrogens with two attached hydrogens (primary N) is 1. The highest BCUT2D eigenvalue weighted by Crippen LogP contribution is 2.33. The molecule has 4 nitrogen and oxygen atoms in total. The van der Waals surface area contributed by atoms with Crippen molar-refractivity contribution in [2.75, 3.05) is 6.54 Å². The van der Waals surface area contributed by atoms with Gasteiger partial charge in [0.1, 0.15) is 11.9 Å². The Morgan fingerprint density at radius 1 is 1.40 bits per heavy atom. The molecule has 1 heterocycles. The predicted molar refractivity (Wildman–Crippen MR) is 72.6 cm³/mol. The van der Waals surface area contributed by atoms with Gasteiger partial charge in [-0.2, -0.15) is 0 Å². The molecule has 3 N–H and O–H groups in total. The first-order chi connectivity index (χ1) is 9.69. The Bertz CT molecular complexity index is 521. The standard InChI is InChI=1S/C15H19FN2O2/c16-12-3-1-2-11-10(12)5-6-13(11)18-15(19)14-7-4-9(8-17)20-14/h1-3,9,13-14H,4-8,17H2,(H,18,19)/t9-,13?,14+/m1/s1. The molecule has 20 heavy (non-hydrogen) atoms. The number of halogens is 1. The molecule has 1 amide bonds. The van der Waals surface area contributed by atoms with E-state index in [0.29, 0.717) is 19.4 Å². The Morgan fingerprint density at radius 3 is 3.00 bits per heavy atom. The van der Waals surface area contributed by atoms with Gasteiger partial charge in [0.15, 0.2) is 0 Å². The molecule has 3 rings (SSSR count). The van der Waals surface area contributed by atoms with Gasteiger partial charge >= 0.3 is 0 Å². The van der Waals surface area contributed by atoms with Gasteiger partial charge in [0.2, 0.25) is 5.91 Å². The number of carbonyl (C=O) groups excluding carboxylic acids is 1. The van der Waals surface area contributed by atoms with Crippen LogP contribution >= 0.6 is 0 Å². The minimum Gasteiger partial charge on any atom is -0.364 e. The molecule has 0 radical (unpaired) electrons. The van der Waals surface area contributed by atoms with Gasteiger partial charge in [-0.15, -0.1) is 0 Å². The van der Waals surface area contributed by atoms with Crippen molar-refractivity contribution in [3.05, 3.63) is 35.1 Å². The molecule has 1 aliphatic carbocycles. The van der Waals surface area contributed by atoms with E-state index in [1.165, 1.54) is 6.07 Å². The second-order valence-electron chi connectivity index (χ2n) is 5.47. The SMILES string of the molecule is NC[C@H]1CC[C@@H](C(=O)NC2CCc3c(F)cccc32)O1. The summed E-state index contributed by atoms with van der Waals surface area (Å²) in [4.78, 5) is 12.2. The molecule has 0 saturated carbocycles. The van der Waals surface area contributed by atoms with Crippen molar-refractivity contribution in [3.63, 3.8) is 0 Å². The van der Waals surface area contributed by atoms with E-state index < -0.39 is 6.10 Å². The lowest BCUT2D eigenvalue weighted by Gasteiger charge is -2.18. The van der Waals surface area contributed by atoms with Gasteiger partial charge in [-0.1, -0.05) is 12.1 Å². The van der Waals surface area contributed by atoms with Gasteiger partial charge in [-0.05, 0) is 42.9 Å². The zero-order valence-corrected chi connectivity index (χ0v) is 11.3. The third kappa shape index (κ3) is 2.43. The Hall–Kier alpha value is -1.46. The molecule has 1 aliphatic heterocycles.